The first-order valence-corrected chi connectivity index (χ1v) is 9.16. The molecule has 1 aliphatic heterocycles. The summed E-state index contributed by atoms with van der Waals surface area (Å²) >= 11 is 0. The van der Waals surface area contributed by atoms with Gasteiger partial charge in [-0.2, -0.15) is 13.2 Å². The molecule has 1 amide bonds. The Balaban J connectivity index is 2.04. The molecule has 1 aromatic carbocycles. The lowest BCUT2D eigenvalue weighted by Gasteiger charge is -2.30. The molecule has 1 fully saturated rings. The van der Waals surface area contributed by atoms with Gasteiger partial charge in [0.05, 0.1) is 22.9 Å². The van der Waals surface area contributed by atoms with Gasteiger partial charge in [0, 0.05) is 13.1 Å². The lowest BCUT2D eigenvalue weighted by atomic mass is 9.98. The summed E-state index contributed by atoms with van der Waals surface area (Å²) < 4.78 is 64.3. The molecule has 2 rings (SSSR count). The van der Waals surface area contributed by atoms with E-state index in [1.165, 1.54) is 4.90 Å². The number of carbonyl (C=O) groups excluding carboxylic acids is 1. The Morgan fingerprint density at radius 2 is 2.00 bits per heavy atom. The number of amides is 1. The summed E-state index contributed by atoms with van der Waals surface area (Å²) in [7, 11) is -4.32. The maximum atomic E-state index is 12.7. The molecule has 1 unspecified atom stereocenters. The number of hydrogen-bond donors (Lipinski definition) is 2. The first-order chi connectivity index (χ1) is 12.0. The fraction of sp³-hybridized carbons (Fsp3) is 0.467. The van der Waals surface area contributed by atoms with Crippen LogP contribution in [0, 0.1) is 5.92 Å². The Morgan fingerprint density at radius 3 is 2.62 bits per heavy atom. The summed E-state index contributed by atoms with van der Waals surface area (Å²) in [5.74, 6) is -2.38. The number of alkyl halides is 3. The third-order valence-corrected chi connectivity index (χ3v) is 5.41. The van der Waals surface area contributed by atoms with Gasteiger partial charge in [-0.1, -0.05) is 6.07 Å². The van der Waals surface area contributed by atoms with Gasteiger partial charge in [0.15, 0.2) is 0 Å². The highest BCUT2D eigenvalue weighted by Crippen LogP contribution is 2.30. The SMILES string of the molecule is O=C(O)C1CCCN(C(=O)CNS(=O)(=O)c2cccc(C(F)(F)F)c2)C1. The van der Waals surface area contributed by atoms with E-state index in [2.05, 4.69) is 0 Å². The van der Waals surface area contributed by atoms with E-state index < -0.39 is 51.0 Å². The number of carboxylic acid groups (broad SMARTS) is 1. The van der Waals surface area contributed by atoms with Gasteiger partial charge < -0.3 is 10.0 Å². The Hall–Kier alpha value is -2.14. The summed E-state index contributed by atoms with van der Waals surface area (Å²) in [6, 6.07) is 3.17. The molecular weight excluding hydrogens is 377 g/mol. The van der Waals surface area contributed by atoms with Gasteiger partial charge in [0.25, 0.3) is 0 Å². The van der Waals surface area contributed by atoms with Crippen LogP contribution in [-0.2, 0) is 25.8 Å². The summed E-state index contributed by atoms with van der Waals surface area (Å²) in [6.45, 7) is -0.391. The maximum absolute atomic E-state index is 12.7. The Labute approximate surface area is 147 Å². The van der Waals surface area contributed by atoms with Gasteiger partial charge >= 0.3 is 12.1 Å². The van der Waals surface area contributed by atoms with Crippen molar-refractivity contribution in [1.29, 1.82) is 0 Å². The standard InChI is InChI=1S/C15H17F3N2O5S/c16-15(17,18)11-4-1-5-12(7-11)26(24,25)19-8-13(21)20-6-2-3-10(9-20)14(22)23/h1,4-5,7,10,19H,2-3,6,8-9H2,(H,22,23). The number of carboxylic acids is 1. The van der Waals surface area contributed by atoms with Crippen LogP contribution < -0.4 is 4.72 Å². The molecule has 144 valence electrons. The minimum absolute atomic E-state index is 0.0283. The lowest BCUT2D eigenvalue weighted by molar-refractivity contribution is -0.145. The largest absolute Gasteiger partial charge is 0.481 e. The van der Waals surface area contributed by atoms with Gasteiger partial charge in [-0.15, -0.1) is 0 Å². The molecule has 0 aliphatic carbocycles. The van der Waals surface area contributed by atoms with Crippen molar-refractivity contribution in [3.63, 3.8) is 0 Å². The maximum Gasteiger partial charge on any atom is 0.416 e. The van der Waals surface area contributed by atoms with Gasteiger partial charge in [-0.3, -0.25) is 9.59 Å². The van der Waals surface area contributed by atoms with E-state index in [0.717, 1.165) is 18.2 Å². The number of halogens is 3. The van der Waals surface area contributed by atoms with Gasteiger partial charge in [-0.05, 0) is 31.0 Å². The molecule has 1 heterocycles. The summed E-state index contributed by atoms with van der Waals surface area (Å²) in [5, 5.41) is 9.00. The quantitative estimate of drug-likeness (QED) is 0.784. The molecule has 1 saturated heterocycles. The topological polar surface area (TPSA) is 104 Å². The van der Waals surface area contributed by atoms with Crippen molar-refractivity contribution >= 4 is 21.9 Å². The van der Waals surface area contributed by atoms with Gasteiger partial charge in [0.1, 0.15) is 0 Å². The van der Waals surface area contributed by atoms with E-state index >= 15 is 0 Å². The first kappa shape index (κ1) is 20.2. The van der Waals surface area contributed by atoms with Crippen LogP contribution in [0.5, 0.6) is 0 Å². The van der Waals surface area contributed by atoms with Crippen LogP contribution in [0.15, 0.2) is 29.2 Å². The fourth-order valence-corrected chi connectivity index (χ4v) is 3.62. The van der Waals surface area contributed by atoms with E-state index in [4.69, 9.17) is 5.11 Å². The molecule has 26 heavy (non-hydrogen) atoms. The zero-order chi connectivity index (χ0) is 19.5. The lowest BCUT2D eigenvalue weighted by Crippen LogP contribution is -2.46. The zero-order valence-corrected chi connectivity index (χ0v) is 14.3. The molecule has 2 N–H and O–H groups in total. The summed E-state index contributed by atoms with van der Waals surface area (Å²) in [6.07, 6.45) is -3.79. The summed E-state index contributed by atoms with van der Waals surface area (Å²) in [4.78, 5) is 23.7. The van der Waals surface area contributed by atoms with Crippen molar-refractivity contribution in [2.45, 2.75) is 23.9 Å². The molecular formula is C15H17F3N2O5S. The number of sulfonamides is 1. The molecule has 11 heteroatoms. The molecule has 0 spiro atoms. The molecule has 0 bridgehead atoms. The van der Waals surface area contributed by atoms with Crippen LogP contribution in [0.4, 0.5) is 13.2 Å². The van der Waals surface area contributed by atoms with E-state index in [-0.39, 0.29) is 6.54 Å². The van der Waals surface area contributed by atoms with Crippen LogP contribution in [0.3, 0.4) is 0 Å². The van der Waals surface area contributed by atoms with E-state index in [1.54, 1.807) is 0 Å². The third-order valence-electron chi connectivity index (χ3n) is 4.01. The number of nitrogens with zero attached hydrogens (tertiary/aromatic N) is 1. The third kappa shape index (κ3) is 4.94. The number of hydrogen-bond acceptors (Lipinski definition) is 4. The van der Waals surface area contributed by atoms with Crippen LogP contribution in [-0.4, -0.2) is 49.9 Å². The summed E-state index contributed by atoms with van der Waals surface area (Å²) in [5.41, 5.74) is -1.12. The van der Waals surface area contributed by atoms with Crippen LogP contribution >= 0.6 is 0 Å². The average Bonchev–Trinajstić information content (AvgIpc) is 2.59. The second-order valence-electron chi connectivity index (χ2n) is 5.87. The smallest absolute Gasteiger partial charge is 0.416 e. The number of carbonyl (C=O) groups is 2. The van der Waals surface area contributed by atoms with Crippen molar-refractivity contribution in [1.82, 2.24) is 9.62 Å². The number of piperidine rings is 1. The molecule has 1 aromatic rings. The highest BCUT2D eigenvalue weighted by Gasteiger charge is 2.32. The van der Waals surface area contributed by atoms with Crippen molar-refractivity contribution < 1.29 is 36.3 Å². The van der Waals surface area contributed by atoms with Crippen molar-refractivity contribution in [3.8, 4) is 0 Å². The second kappa shape index (κ2) is 7.62. The van der Waals surface area contributed by atoms with Crippen LogP contribution in [0.25, 0.3) is 0 Å². The second-order valence-corrected chi connectivity index (χ2v) is 7.63. The highest BCUT2D eigenvalue weighted by atomic mass is 32.2. The molecule has 0 saturated carbocycles. The average molecular weight is 394 g/mol. The monoisotopic (exact) mass is 394 g/mol. The zero-order valence-electron chi connectivity index (χ0n) is 13.5. The van der Waals surface area contributed by atoms with E-state index in [9.17, 15) is 31.2 Å². The number of likely N-dealkylation sites (tertiary alicyclic amines) is 1. The number of benzene rings is 1. The van der Waals surface area contributed by atoms with E-state index in [0.29, 0.717) is 25.5 Å². The number of nitrogens with one attached hydrogen (secondary N) is 1. The number of rotatable bonds is 5. The van der Waals surface area contributed by atoms with Crippen molar-refractivity contribution in [2.24, 2.45) is 5.92 Å². The normalized spacial score (nSPS) is 18.6. The fourth-order valence-electron chi connectivity index (χ4n) is 2.60. The predicted molar refractivity (Wildman–Crippen MR) is 83.6 cm³/mol. The first-order valence-electron chi connectivity index (χ1n) is 7.68. The van der Waals surface area contributed by atoms with E-state index in [1.807, 2.05) is 4.72 Å². The molecule has 0 aromatic heterocycles. The highest BCUT2D eigenvalue weighted by molar-refractivity contribution is 7.89. The van der Waals surface area contributed by atoms with Gasteiger partial charge in [0.2, 0.25) is 15.9 Å². The van der Waals surface area contributed by atoms with Crippen LogP contribution in [0.1, 0.15) is 18.4 Å². The molecule has 7 nitrogen and oxygen atoms in total. The molecule has 1 aliphatic rings. The van der Waals surface area contributed by atoms with Gasteiger partial charge in [-0.25, -0.2) is 13.1 Å². The Bertz CT molecular complexity index is 795. The molecule has 1 atom stereocenters. The predicted octanol–water partition coefficient (Wildman–Crippen LogP) is 1.31. The number of aliphatic carboxylic acids is 1. The minimum Gasteiger partial charge on any atom is -0.481 e. The van der Waals surface area contributed by atoms with Crippen molar-refractivity contribution in [2.75, 3.05) is 19.6 Å². The van der Waals surface area contributed by atoms with Crippen LogP contribution in [0.2, 0.25) is 0 Å². The Kier molecular flexibility index (Phi) is 5.91. The minimum atomic E-state index is -4.69. The van der Waals surface area contributed by atoms with Crippen molar-refractivity contribution in [3.05, 3.63) is 29.8 Å². The molecule has 0 radical (unpaired) electrons. The Morgan fingerprint density at radius 1 is 1.31 bits per heavy atom.